The van der Waals surface area contributed by atoms with Crippen LogP contribution in [0.5, 0.6) is 0 Å². The van der Waals surface area contributed by atoms with Gasteiger partial charge < -0.3 is 4.74 Å². The van der Waals surface area contributed by atoms with Crippen LogP contribution in [0.4, 0.5) is 0 Å². The van der Waals surface area contributed by atoms with Crippen molar-refractivity contribution in [1.82, 2.24) is 9.78 Å². The molecule has 0 unspecified atom stereocenters. The van der Waals surface area contributed by atoms with Crippen LogP contribution in [0.3, 0.4) is 0 Å². The highest BCUT2D eigenvalue weighted by atomic mass is 16.5. The van der Waals surface area contributed by atoms with Gasteiger partial charge >= 0.3 is 5.97 Å². The topological polar surface area (TPSA) is 61.2 Å². The summed E-state index contributed by atoms with van der Waals surface area (Å²) in [6.07, 6.45) is 1.43. The first kappa shape index (κ1) is 11.4. The first-order chi connectivity index (χ1) is 7.06. The summed E-state index contributed by atoms with van der Waals surface area (Å²) in [7, 11) is 1.25. The number of carbonyl (C=O) groups is 1. The number of aromatic nitrogens is 2. The van der Waals surface area contributed by atoms with Gasteiger partial charge in [-0.1, -0.05) is 13.8 Å². The van der Waals surface area contributed by atoms with Gasteiger partial charge in [-0.2, -0.15) is 5.10 Å². The number of nitrogens with zero attached hydrogens (tertiary/aromatic N) is 2. The van der Waals surface area contributed by atoms with Crippen molar-refractivity contribution in [3.63, 3.8) is 0 Å². The van der Waals surface area contributed by atoms with Gasteiger partial charge in [-0.05, 0) is 12.0 Å². The summed E-state index contributed by atoms with van der Waals surface area (Å²) in [6, 6.07) is 1.37. The molecule has 82 valence electrons. The fourth-order valence-electron chi connectivity index (χ4n) is 1.19. The molecule has 0 atom stereocenters. The van der Waals surface area contributed by atoms with Crippen LogP contribution < -0.4 is 5.56 Å². The Kier molecular flexibility index (Phi) is 3.60. The molecule has 0 fully saturated rings. The lowest BCUT2D eigenvalue weighted by atomic mass is 10.2. The third-order valence-electron chi connectivity index (χ3n) is 1.86. The van der Waals surface area contributed by atoms with E-state index in [2.05, 4.69) is 9.84 Å². The molecule has 5 nitrogen and oxygen atoms in total. The van der Waals surface area contributed by atoms with Crippen molar-refractivity contribution in [3.05, 3.63) is 28.2 Å². The Morgan fingerprint density at radius 3 is 2.80 bits per heavy atom. The highest BCUT2D eigenvalue weighted by Crippen LogP contribution is 1.96. The van der Waals surface area contributed by atoms with Crippen LogP contribution in [-0.4, -0.2) is 22.9 Å². The van der Waals surface area contributed by atoms with E-state index in [1.165, 1.54) is 24.1 Å². The first-order valence-corrected chi connectivity index (χ1v) is 4.70. The lowest BCUT2D eigenvalue weighted by molar-refractivity contribution is 0.0597. The number of esters is 1. The van der Waals surface area contributed by atoms with Crippen molar-refractivity contribution in [2.24, 2.45) is 5.92 Å². The van der Waals surface area contributed by atoms with E-state index in [1.54, 1.807) is 0 Å². The zero-order chi connectivity index (χ0) is 11.4. The molecule has 0 saturated heterocycles. The summed E-state index contributed by atoms with van der Waals surface area (Å²) in [5.41, 5.74) is -0.383. The van der Waals surface area contributed by atoms with Gasteiger partial charge in [-0.25, -0.2) is 9.48 Å². The van der Waals surface area contributed by atoms with Gasteiger partial charge in [0.25, 0.3) is 5.56 Å². The number of carbonyl (C=O) groups excluding carboxylic acids is 1. The molecule has 0 aliphatic carbocycles. The highest BCUT2D eigenvalue weighted by Gasteiger charge is 2.13. The smallest absolute Gasteiger partial charge is 0.343 e. The quantitative estimate of drug-likeness (QED) is 0.688. The van der Waals surface area contributed by atoms with Gasteiger partial charge in [0.05, 0.1) is 7.11 Å². The molecule has 15 heavy (non-hydrogen) atoms. The fourth-order valence-corrected chi connectivity index (χ4v) is 1.19. The minimum absolute atomic E-state index is 0.0214. The van der Waals surface area contributed by atoms with Crippen molar-refractivity contribution in [2.45, 2.75) is 20.4 Å². The lowest BCUT2D eigenvalue weighted by Gasteiger charge is -2.07. The van der Waals surface area contributed by atoms with Crippen LogP contribution in [-0.2, 0) is 11.3 Å². The molecule has 1 heterocycles. The van der Waals surface area contributed by atoms with Gasteiger partial charge in [0.1, 0.15) is 5.56 Å². The zero-order valence-corrected chi connectivity index (χ0v) is 9.06. The minimum Gasteiger partial charge on any atom is -0.465 e. The molecule has 0 saturated carbocycles. The summed E-state index contributed by atoms with van der Waals surface area (Å²) in [5.74, 6) is -0.331. The Bertz CT molecular complexity index is 409. The Morgan fingerprint density at radius 1 is 1.60 bits per heavy atom. The SMILES string of the molecule is COC(=O)c1ccnn(CC(C)C)c1=O. The third kappa shape index (κ3) is 2.65. The zero-order valence-electron chi connectivity index (χ0n) is 9.06. The molecular formula is C10H14N2O3. The third-order valence-corrected chi connectivity index (χ3v) is 1.86. The molecule has 0 amide bonds. The second-order valence-electron chi connectivity index (χ2n) is 3.62. The molecule has 0 radical (unpaired) electrons. The summed E-state index contributed by atoms with van der Waals surface area (Å²) in [5, 5.41) is 3.89. The molecule has 1 aromatic rings. The monoisotopic (exact) mass is 210 g/mol. The van der Waals surface area contributed by atoms with E-state index < -0.39 is 11.5 Å². The maximum Gasteiger partial charge on any atom is 0.343 e. The Hall–Kier alpha value is -1.65. The largest absolute Gasteiger partial charge is 0.465 e. The van der Waals surface area contributed by atoms with Gasteiger partial charge in [-0.3, -0.25) is 4.79 Å². The predicted octanol–water partition coefficient (Wildman–Crippen LogP) is 0.686. The van der Waals surface area contributed by atoms with E-state index >= 15 is 0 Å². The second-order valence-corrected chi connectivity index (χ2v) is 3.62. The average Bonchev–Trinajstić information content (AvgIpc) is 2.19. The number of rotatable bonds is 3. The van der Waals surface area contributed by atoms with Crippen molar-refractivity contribution in [3.8, 4) is 0 Å². The van der Waals surface area contributed by atoms with E-state index in [0.29, 0.717) is 12.5 Å². The van der Waals surface area contributed by atoms with E-state index in [4.69, 9.17) is 0 Å². The molecule has 0 N–H and O–H groups in total. The number of methoxy groups -OCH3 is 1. The second kappa shape index (κ2) is 4.72. The van der Waals surface area contributed by atoms with Crippen LogP contribution >= 0.6 is 0 Å². The van der Waals surface area contributed by atoms with Gasteiger partial charge in [0, 0.05) is 12.7 Å². The van der Waals surface area contributed by atoms with Crippen LogP contribution in [0, 0.1) is 5.92 Å². The summed E-state index contributed by atoms with van der Waals surface area (Å²) < 4.78 is 5.77. The molecule has 0 bridgehead atoms. The molecule has 0 aromatic carbocycles. The molecule has 0 aliphatic heterocycles. The van der Waals surface area contributed by atoms with Crippen LogP contribution in [0.1, 0.15) is 24.2 Å². The minimum atomic E-state index is -0.625. The predicted molar refractivity (Wildman–Crippen MR) is 54.7 cm³/mol. The average molecular weight is 210 g/mol. The highest BCUT2D eigenvalue weighted by molar-refractivity contribution is 5.88. The maximum absolute atomic E-state index is 11.7. The van der Waals surface area contributed by atoms with Gasteiger partial charge in [0.2, 0.25) is 0 Å². The Morgan fingerprint density at radius 2 is 2.27 bits per heavy atom. The summed E-state index contributed by atoms with van der Waals surface area (Å²) in [4.78, 5) is 22.9. The summed E-state index contributed by atoms with van der Waals surface area (Å²) in [6.45, 7) is 4.43. The molecule has 0 aliphatic rings. The Balaban J connectivity index is 3.12. The maximum atomic E-state index is 11.7. The Labute approximate surface area is 87.7 Å². The lowest BCUT2D eigenvalue weighted by Crippen LogP contribution is -2.30. The fraction of sp³-hybridized carbons (Fsp3) is 0.500. The molecule has 1 rings (SSSR count). The summed E-state index contributed by atoms with van der Waals surface area (Å²) >= 11 is 0. The first-order valence-electron chi connectivity index (χ1n) is 4.70. The van der Waals surface area contributed by atoms with E-state index in [9.17, 15) is 9.59 Å². The van der Waals surface area contributed by atoms with Gasteiger partial charge in [-0.15, -0.1) is 0 Å². The molecular weight excluding hydrogens is 196 g/mol. The molecule has 1 aromatic heterocycles. The molecule has 0 spiro atoms. The van der Waals surface area contributed by atoms with Crippen molar-refractivity contribution < 1.29 is 9.53 Å². The van der Waals surface area contributed by atoms with Crippen LogP contribution in [0.25, 0.3) is 0 Å². The van der Waals surface area contributed by atoms with Crippen molar-refractivity contribution in [2.75, 3.05) is 7.11 Å². The standard InChI is InChI=1S/C10H14N2O3/c1-7(2)6-12-9(13)8(4-5-11-12)10(14)15-3/h4-5,7H,6H2,1-3H3. The van der Waals surface area contributed by atoms with Gasteiger partial charge in [0.15, 0.2) is 0 Å². The van der Waals surface area contributed by atoms with Crippen LogP contribution in [0.15, 0.2) is 17.1 Å². The normalized spacial score (nSPS) is 10.4. The van der Waals surface area contributed by atoms with E-state index in [1.807, 2.05) is 13.8 Å². The van der Waals surface area contributed by atoms with Crippen molar-refractivity contribution >= 4 is 5.97 Å². The number of hydrogen-bond donors (Lipinski definition) is 0. The van der Waals surface area contributed by atoms with Crippen LogP contribution in [0.2, 0.25) is 0 Å². The molecule has 5 heteroatoms. The number of hydrogen-bond acceptors (Lipinski definition) is 4. The van der Waals surface area contributed by atoms with E-state index in [0.717, 1.165) is 0 Å². The van der Waals surface area contributed by atoms with E-state index in [-0.39, 0.29) is 5.56 Å². The number of ether oxygens (including phenoxy) is 1. The van der Waals surface area contributed by atoms with Crippen molar-refractivity contribution in [1.29, 1.82) is 0 Å².